The van der Waals surface area contributed by atoms with E-state index in [0.29, 0.717) is 5.69 Å². The Morgan fingerprint density at radius 2 is 1.78 bits per heavy atom. The molecular formula is C12H17N3O3. The van der Waals surface area contributed by atoms with E-state index in [-0.39, 0.29) is 6.04 Å². The van der Waals surface area contributed by atoms with Crippen LogP contribution in [0.1, 0.15) is 25.5 Å². The predicted molar refractivity (Wildman–Crippen MR) is 68.3 cm³/mol. The molecule has 1 rings (SSSR count). The maximum Gasteiger partial charge on any atom is 0.320 e. The fraction of sp³-hybridized carbons (Fsp3) is 0.333. The largest absolute Gasteiger partial charge is 0.480 e. The van der Waals surface area contributed by atoms with Gasteiger partial charge >= 0.3 is 12.0 Å². The minimum absolute atomic E-state index is 0.0984. The molecule has 6 heteroatoms. The van der Waals surface area contributed by atoms with Crippen LogP contribution in [0, 0.1) is 0 Å². The summed E-state index contributed by atoms with van der Waals surface area (Å²) in [5, 5.41) is 14.2. The van der Waals surface area contributed by atoms with Crippen molar-refractivity contribution < 1.29 is 14.7 Å². The van der Waals surface area contributed by atoms with E-state index in [4.69, 9.17) is 10.8 Å². The summed E-state index contributed by atoms with van der Waals surface area (Å²) in [6, 6.07) is 5.69. The Morgan fingerprint density at radius 1 is 1.22 bits per heavy atom. The number of benzene rings is 1. The number of nitrogens with one attached hydrogen (secondary N) is 2. The van der Waals surface area contributed by atoms with Crippen molar-refractivity contribution in [2.75, 3.05) is 5.32 Å². The second kappa shape index (κ2) is 6.02. The minimum Gasteiger partial charge on any atom is -0.480 e. The van der Waals surface area contributed by atoms with Gasteiger partial charge in [0, 0.05) is 11.7 Å². The highest BCUT2D eigenvalue weighted by molar-refractivity contribution is 5.87. The molecule has 0 aliphatic carbocycles. The van der Waals surface area contributed by atoms with Gasteiger partial charge in [0.05, 0.1) is 0 Å². The molecule has 2 amide bonds. The van der Waals surface area contributed by atoms with Crippen molar-refractivity contribution in [3.8, 4) is 0 Å². The van der Waals surface area contributed by atoms with E-state index in [1.54, 1.807) is 31.2 Å². The molecule has 5 N–H and O–H groups in total. The molecule has 2 unspecified atom stereocenters. The summed E-state index contributed by atoms with van der Waals surface area (Å²) in [4.78, 5) is 21.4. The average molecular weight is 251 g/mol. The quantitative estimate of drug-likeness (QED) is 0.633. The van der Waals surface area contributed by atoms with Gasteiger partial charge in [0.25, 0.3) is 0 Å². The van der Waals surface area contributed by atoms with E-state index in [1.165, 1.54) is 0 Å². The van der Waals surface area contributed by atoms with E-state index < -0.39 is 18.0 Å². The molecule has 0 heterocycles. The van der Waals surface area contributed by atoms with Gasteiger partial charge in [0.15, 0.2) is 0 Å². The molecule has 18 heavy (non-hydrogen) atoms. The predicted octanol–water partition coefficient (Wildman–Crippen LogP) is 1.30. The molecule has 6 nitrogen and oxygen atoms in total. The lowest BCUT2D eigenvalue weighted by Gasteiger charge is -2.17. The molecule has 1 aromatic rings. The maximum atomic E-state index is 10.7. The number of hydrogen-bond acceptors (Lipinski definition) is 3. The first-order valence-corrected chi connectivity index (χ1v) is 5.55. The molecule has 0 fully saturated rings. The molecule has 2 atom stereocenters. The zero-order chi connectivity index (χ0) is 13.7. The van der Waals surface area contributed by atoms with Gasteiger partial charge in [0.1, 0.15) is 6.04 Å². The van der Waals surface area contributed by atoms with Crippen LogP contribution in [0.3, 0.4) is 0 Å². The number of anilines is 1. The Bertz CT molecular complexity index is 431. The van der Waals surface area contributed by atoms with Gasteiger partial charge in [-0.1, -0.05) is 12.1 Å². The van der Waals surface area contributed by atoms with E-state index in [9.17, 15) is 9.59 Å². The summed E-state index contributed by atoms with van der Waals surface area (Å²) in [6.07, 6.45) is 0. The summed E-state index contributed by atoms with van der Waals surface area (Å²) >= 11 is 0. The summed E-state index contributed by atoms with van der Waals surface area (Å²) in [6.45, 7) is 3.46. The zero-order valence-corrected chi connectivity index (χ0v) is 10.3. The van der Waals surface area contributed by atoms with Crippen LogP contribution in [0.4, 0.5) is 10.5 Å². The monoisotopic (exact) mass is 251 g/mol. The smallest absolute Gasteiger partial charge is 0.320 e. The fourth-order valence-electron chi connectivity index (χ4n) is 1.54. The molecule has 0 aromatic heterocycles. The van der Waals surface area contributed by atoms with Crippen molar-refractivity contribution in [1.82, 2.24) is 5.32 Å². The van der Waals surface area contributed by atoms with Gasteiger partial charge < -0.3 is 16.2 Å². The highest BCUT2D eigenvalue weighted by Crippen LogP contribution is 2.16. The molecule has 0 spiro atoms. The lowest BCUT2D eigenvalue weighted by atomic mass is 10.1. The van der Waals surface area contributed by atoms with Crippen LogP contribution < -0.4 is 16.4 Å². The molecule has 0 bridgehead atoms. The summed E-state index contributed by atoms with van der Waals surface area (Å²) < 4.78 is 0. The number of amides is 2. The first-order chi connectivity index (χ1) is 8.40. The van der Waals surface area contributed by atoms with Crippen LogP contribution in [0.5, 0.6) is 0 Å². The molecular weight excluding hydrogens is 234 g/mol. The van der Waals surface area contributed by atoms with Gasteiger partial charge in [-0.15, -0.1) is 0 Å². The van der Waals surface area contributed by atoms with E-state index in [2.05, 4.69) is 10.6 Å². The molecule has 0 saturated heterocycles. The normalized spacial score (nSPS) is 13.7. The van der Waals surface area contributed by atoms with Crippen LogP contribution in [-0.2, 0) is 4.79 Å². The Balaban J connectivity index is 2.66. The number of hydrogen-bond donors (Lipinski definition) is 4. The fourth-order valence-corrected chi connectivity index (χ4v) is 1.54. The molecule has 98 valence electrons. The third-order valence-electron chi connectivity index (χ3n) is 2.55. The summed E-state index contributed by atoms with van der Waals surface area (Å²) in [5.41, 5.74) is 6.52. The number of aliphatic carboxylic acids is 1. The second-order valence-corrected chi connectivity index (χ2v) is 4.06. The summed E-state index contributed by atoms with van der Waals surface area (Å²) in [5.74, 6) is -0.895. The number of nitrogens with two attached hydrogens (primary N) is 1. The van der Waals surface area contributed by atoms with Gasteiger partial charge in [-0.3, -0.25) is 10.1 Å². The topological polar surface area (TPSA) is 104 Å². The highest BCUT2D eigenvalue weighted by Gasteiger charge is 2.14. The van der Waals surface area contributed by atoms with Crippen LogP contribution in [0.2, 0.25) is 0 Å². The number of carboxylic acids is 1. The number of urea groups is 1. The van der Waals surface area contributed by atoms with Crippen LogP contribution in [-0.4, -0.2) is 23.1 Å². The summed E-state index contributed by atoms with van der Waals surface area (Å²) in [7, 11) is 0. The van der Waals surface area contributed by atoms with Crippen molar-refractivity contribution in [2.45, 2.75) is 25.9 Å². The Labute approximate surface area is 105 Å². The lowest BCUT2D eigenvalue weighted by Crippen LogP contribution is -2.35. The second-order valence-electron chi connectivity index (χ2n) is 4.06. The Hall–Kier alpha value is -2.08. The number of rotatable bonds is 5. The highest BCUT2D eigenvalue weighted by atomic mass is 16.4. The molecule has 0 radical (unpaired) electrons. The van der Waals surface area contributed by atoms with E-state index in [1.807, 2.05) is 6.92 Å². The maximum absolute atomic E-state index is 10.7. The van der Waals surface area contributed by atoms with Crippen molar-refractivity contribution in [2.24, 2.45) is 5.73 Å². The van der Waals surface area contributed by atoms with Crippen molar-refractivity contribution >= 4 is 17.7 Å². The molecule has 1 aromatic carbocycles. The zero-order valence-electron chi connectivity index (χ0n) is 10.3. The Morgan fingerprint density at radius 3 is 2.22 bits per heavy atom. The minimum atomic E-state index is -0.895. The molecule has 0 saturated carbocycles. The van der Waals surface area contributed by atoms with Gasteiger partial charge in [-0.05, 0) is 31.5 Å². The SMILES string of the molecule is CC(NC(C)c1ccc(NC(N)=O)cc1)C(=O)O. The van der Waals surface area contributed by atoms with Gasteiger partial charge in [-0.2, -0.15) is 0 Å². The van der Waals surface area contributed by atoms with Gasteiger partial charge in [0.2, 0.25) is 0 Å². The van der Waals surface area contributed by atoms with E-state index >= 15 is 0 Å². The third-order valence-corrected chi connectivity index (χ3v) is 2.55. The third kappa shape index (κ3) is 4.06. The van der Waals surface area contributed by atoms with Crippen molar-refractivity contribution in [1.29, 1.82) is 0 Å². The van der Waals surface area contributed by atoms with Crippen molar-refractivity contribution in [3.05, 3.63) is 29.8 Å². The average Bonchev–Trinajstić information content (AvgIpc) is 2.28. The molecule has 0 aliphatic rings. The van der Waals surface area contributed by atoms with Crippen LogP contribution >= 0.6 is 0 Å². The van der Waals surface area contributed by atoms with E-state index in [0.717, 1.165) is 5.56 Å². The van der Waals surface area contributed by atoms with Crippen LogP contribution in [0.15, 0.2) is 24.3 Å². The number of carboxylic acid groups (broad SMARTS) is 1. The lowest BCUT2D eigenvalue weighted by molar-refractivity contribution is -0.139. The number of carbonyl (C=O) groups is 2. The standard InChI is InChI=1S/C12H17N3O3/c1-7(14-8(2)11(16)17)9-3-5-10(6-4-9)15-12(13)18/h3-8,14H,1-2H3,(H,16,17)(H3,13,15,18). The first kappa shape index (κ1) is 14.0. The van der Waals surface area contributed by atoms with Gasteiger partial charge in [-0.25, -0.2) is 4.79 Å². The Kier molecular flexibility index (Phi) is 4.67. The molecule has 0 aliphatic heterocycles. The number of primary amides is 1. The van der Waals surface area contributed by atoms with Crippen molar-refractivity contribution in [3.63, 3.8) is 0 Å². The first-order valence-electron chi connectivity index (χ1n) is 5.55. The van der Waals surface area contributed by atoms with Crippen LogP contribution in [0.25, 0.3) is 0 Å². The number of carbonyl (C=O) groups excluding carboxylic acids is 1.